The van der Waals surface area contributed by atoms with Crippen molar-refractivity contribution >= 4 is 17.6 Å². The van der Waals surface area contributed by atoms with E-state index in [1.807, 2.05) is 24.3 Å². The van der Waals surface area contributed by atoms with Gasteiger partial charge in [-0.05, 0) is 53.8 Å². The lowest BCUT2D eigenvalue weighted by Gasteiger charge is -2.37. The molecule has 4 rings (SSSR count). The normalized spacial score (nSPS) is 22.0. The first-order chi connectivity index (χ1) is 13.5. The van der Waals surface area contributed by atoms with E-state index < -0.39 is 5.91 Å². The van der Waals surface area contributed by atoms with E-state index in [1.54, 1.807) is 19.2 Å². The average molecular weight is 378 g/mol. The van der Waals surface area contributed by atoms with Crippen LogP contribution < -0.4 is 20.5 Å². The Balaban J connectivity index is 1.72. The average Bonchev–Trinajstić information content (AvgIpc) is 3.17. The van der Waals surface area contributed by atoms with Gasteiger partial charge in [0, 0.05) is 24.1 Å². The van der Waals surface area contributed by atoms with E-state index in [9.17, 15) is 9.59 Å². The summed E-state index contributed by atoms with van der Waals surface area (Å²) in [5.74, 6) is 0.629. The minimum atomic E-state index is -0.422. The fraction of sp³-hybridized carbons (Fsp3) is 0.273. The second-order valence-electron chi connectivity index (χ2n) is 7.15. The van der Waals surface area contributed by atoms with Crippen molar-refractivity contribution in [2.24, 2.45) is 11.7 Å². The van der Waals surface area contributed by atoms with Crippen LogP contribution >= 0.6 is 0 Å². The number of esters is 1. The van der Waals surface area contributed by atoms with E-state index in [4.69, 9.17) is 15.2 Å². The summed E-state index contributed by atoms with van der Waals surface area (Å²) in [5.41, 5.74) is 9.11. The Hall–Kier alpha value is -3.28. The van der Waals surface area contributed by atoms with E-state index in [-0.39, 0.29) is 17.9 Å². The molecule has 3 N–H and O–H groups in total. The molecule has 6 heteroatoms. The van der Waals surface area contributed by atoms with Crippen LogP contribution in [0, 0.1) is 5.92 Å². The molecular weight excluding hydrogens is 356 g/mol. The van der Waals surface area contributed by atoms with Gasteiger partial charge in [-0.25, -0.2) is 0 Å². The number of ether oxygens (including phenoxy) is 2. The summed E-state index contributed by atoms with van der Waals surface area (Å²) >= 11 is 0. The number of carbonyl (C=O) groups excluding carboxylic acids is 2. The van der Waals surface area contributed by atoms with Crippen LogP contribution in [0.15, 0.2) is 48.6 Å². The van der Waals surface area contributed by atoms with Crippen molar-refractivity contribution < 1.29 is 19.1 Å². The van der Waals surface area contributed by atoms with Gasteiger partial charge in [-0.1, -0.05) is 18.2 Å². The van der Waals surface area contributed by atoms with E-state index in [0.717, 1.165) is 23.2 Å². The molecule has 3 unspecified atom stereocenters. The summed E-state index contributed by atoms with van der Waals surface area (Å²) in [7, 11) is 1.56. The highest BCUT2D eigenvalue weighted by molar-refractivity contribution is 5.93. The van der Waals surface area contributed by atoms with Gasteiger partial charge in [-0.15, -0.1) is 0 Å². The fourth-order valence-electron chi connectivity index (χ4n) is 4.19. The van der Waals surface area contributed by atoms with Gasteiger partial charge in [0.25, 0.3) is 0 Å². The SMILES string of the molecule is COc1cc(C2Nc3ccc(C(N)=O)cc3C3C=CCC32)ccc1OC(C)=O. The lowest BCUT2D eigenvalue weighted by Crippen LogP contribution is -2.29. The van der Waals surface area contributed by atoms with Crippen LogP contribution in [0.1, 0.15) is 46.8 Å². The van der Waals surface area contributed by atoms with Gasteiger partial charge in [0.2, 0.25) is 5.91 Å². The summed E-state index contributed by atoms with van der Waals surface area (Å²) in [6, 6.07) is 11.2. The molecule has 2 aromatic carbocycles. The van der Waals surface area contributed by atoms with Crippen molar-refractivity contribution in [3.63, 3.8) is 0 Å². The maximum atomic E-state index is 11.6. The van der Waals surface area contributed by atoms with E-state index in [0.29, 0.717) is 23.0 Å². The summed E-state index contributed by atoms with van der Waals surface area (Å²) < 4.78 is 10.6. The molecule has 0 aromatic heterocycles. The predicted octanol–water partition coefficient (Wildman–Crippen LogP) is 3.55. The smallest absolute Gasteiger partial charge is 0.308 e. The second kappa shape index (κ2) is 7.03. The lowest BCUT2D eigenvalue weighted by atomic mass is 9.76. The maximum Gasteiger partial charge on any atom is 0.308 e. The minimum absolute atomic E-state index is 0.0622. The van der Waals surface area contributed by atoms with Crippen molar-refractivity contribution in [3.8, 4) is 11.5 Å². The highest BCUT2D eigenvalue weighted by atomic mass is 16.6. The number of carbonyl (C=O) groups is 2. The van der Waals surface area contributed by atoms with Crippen LogP contribution in [-0.4, -0.2) is 19.0 Å². The van der Waals surface area contributed by atoms with Crippen LogP contribution in [0.2, 0.25) is 0 Å². The van der Waals surface area contributed by atoms with Gasteiger partial charge in [-0.2, -0.15) is 0 Å². The van der Waals surface area contributed by atoms with Crippen LogP contribution in [0.25, 0.3) is 0 Å². The fourth-order valence-corrected chi connectivity index (χ4v) is 4.19. The first-order valence-corrected chi connectivity index (χ1v) is 9.21. The highest BCUT2D eigenvalue weighted by Gasteiger charge is 2.38. The van der Waals surface area contributed by atoms with Crippen molar-refractivity contribution in [1.29, 1.82) is 0 Å². The van der Waals surface area contributed by atoms with Crippen LogP contribution in [0.3, 0.4) is 0 Å². The Morgan fingerprint density at radius 1 is 1.14 bits per heavy atom. The number of primary amides is 1. The molecule has 1 heterocycles. The molecule has 2 aliphatic rings. The number of benzene rings is 2. The van der Waals surface area contributed by atoms with Crippen molar-refractivity contribution in [2.45, 2.75) is 25.3 Å². The molecule has 1 aliphatic heterocycles. The third-order valence-corrected chi connectivity index (χ3v) is 5.45. The van der Waals surface area contributed by atoms with Gasteiger partial charge >= 0.3 is 5.97 Å². The quantitative estimate of drug-likeness (QED) is 0.482. The molecule has 0 fully saturated rings. The molecule has 2 aromatic rings. The number of hydrogen-bond acceptors (Lipinski definition) is 5. The van der Waals surface area contributed by atoms with E-state index >= 15 is 0 Å². The predicted molar refractivity (Wildman–Crippen MR) is 106 cm³/mol. The Labute approximate surface area is 163 Å². The maximum absolute atomic E-state index is 11.6. The molecule has 0 saturated carbocycles. The van der Waals surface area contributed by atoms with Gasteiger partial charge in [-0.3, -0.25) is 9.59 Å². The van der Waals surface area contributed by atoms with Gasteiger partial charge in [0.05, 0.1) is 13.2 Å². The molecule has 0 radical (unpaired) electrons. The topological polar surface area (TPSA) is 90.7 Å². The highest BCUT2D eigenvalue weighted by Crippen LogP contribution is 2.50. The lowest BCUT2D eigenvalue weighted by molar-refractivity contribution is -0.132. The molecule has 0 saturated heterocycles. The first-order valence-electron chi connectivity index (χ1n) is 9.21. The van der Waals surface area contributed by atoms with Crippen molar-refractivity contribution in [1.82, 2.24) is 0 Å². The minimum Gasteiger partial charge on any atom is -0.493 e. The number of nitrogens with two attached hydrogens (primary N) is 1. The summed E-state index contributed by atoms with van der Waals surface area (Å²) in [6.07, 6.45) is 5.31. The number of anilines is 1. The zero-order valence-corrected chi connectivity index (χ0v) is 15.8. The van der Waals surface area contributed by atoms with E-state index in [1.165, 1.54) is 6.92 Å². The Morgan fingerprint density at radius 2 is 1.96 bits per heavy atom. The summed E-state index contributed by atoms with van der Waals surface area (Å²) in [4.78, 5) is 22.9. The standard InChI is InChI=1S/C22H22N2O4/c1-12(25)28-19-9-7-13(11-20(19)27-2)21-16-5-3-4-15(16)17-10-14(22(23)26)6-8-18(17)24-21/h3-4,6-11,15-16,21,24H,5H2,1-2H3,(H2,23,26). The number of allylic oxidation sites excluding steroid dienone is 2. The molecular formula is C22H22N2O4. The number of hydrogen-bond donors (Lipinski definition) is 2. The van der Waals surface area contributed by atoms with Crippen molar-refractivity contribution in [3.05, 3.63) is 65.2 Å². The monoisotopic (exact) mass is 378 g/mol. The third-order valence-electron chi connectivity index (χ3n) is 5.45. The number of methoxy groups -OCH3 is 1. The number of nitrogens with one attached hydrogen (secondary N) is 1. The molecule has 1 amide bonds. The third kappa shape index (κ3) is 3.11. The summed E-state index contributed by atoms with van der Waals surface area (Å²) in [6.45, 7) is 1.36. The number of rotatable bonds is 4. The van der Waals surface area contributed by atoms with Crippen LogP contribution in [-0.2, 0) is 4.79 Å². The second-order valence-corrected chi connectivity index (χ2v) is 7.15. The Bertz CT molecular complexity index is 982. The van der Waals surface area contributed by atoms with Crippen LogP contribution in [0.4, 0.5) is 5.69 Å². The molecule has 28 heavy (non-hydrogen) atoms. The molecule has 1 aliphatic carbocycles. The number of fused-ring (bicyclic) bond motifs is 3. The molecule has 6 nitrogen and oxygen atoms in total. The van der Waals surface area contributed by atoms with Gasteiger partial charge in [0.15, 0.2) is 11.5 Å². The van der Waals surface area contributed by atoms with Crippen LogP contribution in [0.5, 0.6) is 11.5 Å². The first kappa shape index (κ1) is 18.1. The van der Waals surface area contributed by atoms with Gasteiger partial charge in [0.1, 0.15) is 0 Å². The summed E-state index contributed by atoms with van der Waals surface area (Å²) in [5, 5.41) is 3.61. The van der Waals surface area contributed by atoms with Gasteiger partial charge < -0.3 is 20.5 Å². The van der Waals surface area contributed by atoms with Crippen molar-refractivity contribution in [2.75, 3.05) is 12.4 Å². The molecule has 0 spiro atoms. The Kier molecular flexibility index (Phi) is 4.55. The largest absolute Gasteiger partial charge is 0.493 e. The molecule has 3 atom stereocenters. The van der Waals surface area contributed by atoms with E-state index in [2.05, 4.69) is 17.5 Å². The zero-order valence-electron chi connectivity index (χ0n) is 15.8. The number of amides is 1. The molecule has 144 valence electrons. The Morgan fingerprint density at radius 3 is 2.68 bits per heavy atom. The molecule has 0 bridgehead atoms. The zero-order chi connectivity index (χ0) is 19.8.